The van der Waals surface area contributed by atoms with Gasteiger partial charge in [-0.3, -0.25) is 0 Å². The van der Waals surface area contributed by atoms with Crippen LogP contribution in [-0.4, -0.2) is 17.2 Å². The van der Waals surface area contributed by atoms with E-state index in [4.69, 9.17) is 0 Å². The van der Waals surface area contributed by atoms with Crippen molar-refractivity contribution in [2.45, 2.75) is 65.1 Å². The van der Waals surface area contributed by atoms with E-state index in [-0.39, 0.29) is 24.6 Å². The molecule has 0 saturated heterocycles. The van der Waals surface area contributed by atoms with E-state index in [1.165, 1.54) is 19.3 Å². The van der Waals surface area contributed by atoms with E-state index in [2.05, 4.69) is 33.0 Å². The Labute approximate surface area is 135 Å². The molecule has 0 heterocycles. The molecule has 0 radical (unpaired) electrons. The summed E-state index contributed by atoms with van der Waals surface area (Å²) in [5, 5.41) is 12.9. The summed E-state index contributed by atoms with van der Waals surface area (Å²) in [5.74, 6) is 0.793. The maximum absolute atomic E-state index is 10.5. The van der Waals surface area contributed by atoms with Gasteiger partial charge in [0.1, 0.15) is 12.1 Å². The van der Waals surface area contributed by atoms with Crippen LogP contribution in [0.5, 0.6) is 0 Å². The van der Waals surface area contributed by atoms with E-state index in [1.807, 2.05) is 30.3 Å². The second kappa shape index (κ2) is 7.62. The smallest absolute Gasteiger partial charge is 0.130 e. The SMILES string of the molecule is CC1CC([NH2+]C(C)C(O)c2ccccc2)CC(C)(C)C1.[Cl-]. The highest BCUT2D eigenvalue weighted by atomic mass is 35.5. The van der Waals surface area contributed by atoms with Gasteiger partial charge in [0, 0.05) is 12.8 Å². The summed E-state index contributed by atoms with van der Waals surface area (Å²) in [5.41, 5.74) is 1.47. The molecule has 1 fully saturated rings. The summed E-state index contributed by atoms with van der Waals surface area (Å²) in [7, 11) is 0. The molecule has 1 saturated carbocycles. The molecule has 0 amide bonds. The summed E-state index contributed by atoms with van der Waals surface area (Å²) >= 11 is 0. The van der Waals surface area contributed by atoms with Gasteiger partial charge < -0.3 is 22.8 Å². The molecule has 1 aliphatic rings. The van der Waals surface area contributed by atoms with Crippen molar-refractivity contribution < 1.29 is 22.8 Å². The number of benzene rings is 1. The Morgan fingerprint density at radius 2 is 1.81 bits per heavy atom. The van der Waals surface area contributed by atoms with Gasteiger partial charge in [0.2, 0.25) is 0 Å². The third-order valence-electron chi connectivity index (χ3n) is 4.64. The van der Waals surface area contributed by atoms with Crippen LogP contribution < -0.4 is 17.7 Å². The van der Waals surface area contributed by atoms with Crippen molar-refractivity contribution in [3.05, 3.63) is 35.9 Å². The van der Waals surface area contributed by atoms with Crippen molar-refractivity contribution in [3.8, 4) is 0 Å². The minimum Gasteiger partial charge on any atom is -1.00 e. The van der Waals surface area contributed by atoms with E-state index in [0.717, 1.165) is 11.5 Å². The van der Waals surface area contributed by atoms with Crippen molar-refractivity contribution in [2.75, 3.05) is 0 Å². The highest BCUT2D eigenvalue weighted by Gasteiger charge is 2.35. The minimum absolute atomic E-state index is 0. The Hall–Kier alpha value is -0.570. The molecule has 1 aromatic rings. The second-order valence-electron chi connectivity index (χ2n) is 7.58. The fourth-order valence-corrected chi connectivity index (χ4v) is 4.05. The fourth-order valence-electron chi connectivity index (χ4n) is 4.05. The maximum Gasteiger partial charge on any atom is 0.130 e. The van der Waals surface area contributed by atoms with Crippen LogP contribution in [0.4, 0.5) is 0 Å². The first-order valence-electron chi connectivity index (χ1n) is 7.95. The lowest BCUT2D eigenvalue weighted by Gasteiger charge is -2.38. The van der Waals surface area contributed by atoms with Crippen LogP contribution in [0.15, 0.2) is 30.3 Å². The molecule has 4 atom stereocenters. The maximum atomic E-state index is 10.5. The molecule has 1 aliphatic carbocycles. The summed E-state index contributed by atoms with van der Waals surface area (Å²) in [6.45, 7) is 9.26. The molecule has 1 aromatic carbocycles. The number of rotatable bonds is 4. The van der Waals surface area contributed by atoms with Crippen LogP contribution in [-0.2, 0) is 0 Å². The quantitative estimate of drug-likeness (QED) is 0.800. The van der Waals surface area contributed by atoms with Crippen LogP contribution in [0.3, 0.4) is 0 Å². The summed E-state index contributed by atoms with van der Waals surface area (Å²) in [6, 6.07) is 10.9. The molecule has 2 rings (SSSR count). The van der Waals surface area contributed by atoms with Crippen LogP contribution in [0.25, 0.3) is 0 Å². The van der Waals surface area contributed by atoms with E-state index in [1.54, 1.807) is 0 Å². The van der Waals surface area contributed by atoms with E-state index in [9.17, 15) is 5.11 Å². The number of aliphatic hydroxyl groups is 1. The molecule has 0 spiro atoms. The van der Waals surface area contributed by atoms with Crippen molar-refractivity contribution in [2.24, 2.45) is 11.3 Å². The van der Waals surface area contributed by atoms with Crippen LogP contribution >= 0.6 is 0 Å². The number of quaternary nitrogens is 1. The van der Waals surface area contributed by atoms with Gasteiger partial charge in [0.15, 0.2) is 0 Å². The Morgan fingerprint density at radius 3 is 2.38 bits per heavy atom. The lowest BCUT2D eigenvalue weighted by atomic mass is 9.70. The van der Waals surface area contributed by atoms with Crippen LogP contribution in [0.2, 0.25) is 0 Å². The van der Waals surface area contributed by atoms with Crippen molar-refractivity contribution in [1.82, 2.24) is 0 Å². The first kappa shape index (κ1) is 18.5. The zero-order valence-corrected chi connectivity index (χ0v) is 14.5. The van der Waals surface area contributed by atoms with Crippen LogP contribution in [0, 0.1) is 11.3 Å². The van der Waals surface area contributed by atoms with Gasteiger partial charge in [-0.2, -0.15) is 0 Å². The molecule has 3 heteroatoms. The van der Waals surface area contributed by atoms with Crippen molar-refractivity contribution >= 4 is 0 Å². The Morgan fingerprint density at radius 1 is 1.19 bits per heavy atom. The molecule has 0 aromatic heterocycles. The molecule has 3 N–H and O–H groups in total. The van der Waals surface area contributed by atoms with E-state index in [0.29, 0.717) is 11.5 Å². The van der Waals surface area contributed by atoms with E-state index < -0.39 is 0 Å². The van der Waals surface area contributed by atoms with Gasteiger partial charge in [-0.25, -0.2) is 0 Å². The van der Waals surface area contributed by atoms with Gasteiger partial charge >= 0.3 is 0 Å². The van der Waals surface area contributed by atoms with Crippen molar-refractivity contribution in [1.29, 1.82) is 0 Å². The first-order valence-corrected chi connectivity index (χ1v) is 7.95. The number of aliphatic hydroxyl groups excluding tert-OH is 1. The molecule has 21 heavy (non-hydrogen) atoms. The van der Waals surface area contributed by atoms with E-state index >= 15 is 0 Å². The Kier molecular flexibility index (Phi) is 6.71. The third-order valence-corrected chi connectivity index (χ3v) is 4.64. The topological polar surface area (TPSA) is 36.8 Å². The number of hydrogen-bond acceptors (Lipinski definition) is 1. The Balaban J connectivity index is 0.00000220. The van der Waals surface area contributed by atoms with Crippen molar-refractivity contribution in [3.63, 3.8) is 0 Å². The minimum atomic E-state index is -0.378. The van der Waals surface area contributed by atoms with Gasteiger partial charge in [-0.05, 0) is 30.2 Å². The predicted molar refractivity (Wildman–Crippen MR) is 83.4 cm³/mol. The lowest BCUT2D eigenvalue weighted by Crippen LogP contribution is -3.00. The predicted octanol–water partition coefficient (Wildman–Crippen LogP) is -0.109. The zero-order valence-electron chi connectivity index (χ0n) is 13.7. The summed E-state index contributed by atoms with van der Waals surface area (Å²) < 4.78 is 0. The number of nitrogens with two attached hydrogens (primary N) is 1. The highest BCUT2D eigenvalue weighted by Crippen LogP contribution is 2.37. The largest absolute Gasteiger partial charge is 1.00 e. The van der Waals surface area contributed by atoms with Gasteiger partial charge in [0.05, 0.1) is 6.04 Å². The Bertz CT molecular complexity index is 420. The standard InChI is InChI=1S/C18H29NO.ClH/c1-13-10-16(12-18(3,4)11-13)19-14(2)17(20)15-8-6-5-7-9-15;/h5-9,13-14,16-17,19-20H,10-12H2,1-4H3;1H. The third kappa shape index (κ3) is 5.28. The molecule has 2 nitrogen and oxygen atoms in total. The average Bonchev–Trinajstić information content (AvgIpc) is 2.36. The lowest BCUT2D eigenvalue weighted by molar-refractivity contribution is -0.730. The van der Waals surface area contributed by atoms with Crippen LogP contribution in [0.1, 0.15) is 58.6 Å². The normalized spacial score (nSPS) is 27.5. The molecule has 0 bridgehead atoms. The monoisotopic (exact) mass is 311 g/mol. The second-order valence-corrected chi connectivity index (χ2v) is 7.58. The highest BCUT2D eigenvalue weighted by molar-refractivity contribution is 5.17. The molecular formula is C18H30ClNO. The number of halogens is 1. The summed E-state index contributed by atoms with van der Waals surface area (Å²) in [6.07, 6.45) is 3.47. The number of hydrogen-bond donors (Lipinski definition) is 2. The fraction of sp³-hybridized carbons (Fsp3) is 0.667. The van der Waals surface area contributed by atoms with Gasteiger partial charge in [-0.1, -0.05) is 51.1 Å². The van der Waals surface area contributed by atoms with Gasteiger partial charge in [-0.15, -0.1) is 0 Å². The first-order chi connectivity index (χ1) is 9.37. The molecular weight excluding hydrogens is 282 g/mol. The van der Waals surface area contributed by atoms with Gasteiger partial charge in [0.25, 0.3) is 0 Å². The zero-order chi connectivity index (χ0) is 14.8. The molecule has 0 aliphatic heterocycles. The average molecular weight is 312 g/mol. The molecule has 4 unspecified atom stereocenters. The molecule has 120 valence electrons. The summed E-state index contributed by atoms with van der Waals surface area (Å²) in [4.78, 5) is 0.